The highest BCUT2D eigenvalue weighted by atomic mass is 32.1. The molecule has 4 heteroatoms. The summed E-state index contributed by atoms with van der Waals surface area (Å²) < 4.78 is 0. The highest BCUT2D eigenvalue weighted by Gasteiger charge is 2.12. The van der Waals surface area contributed by atoms with Crippen LogP contribution in [-0.4, -0.2) is 11.0 Å². The van der Waals surface area contributed by atoms with E-state index in [0.717, 1.165) is 23.5 Å². The molecule has 1 unspecified atom stereocenters. The van der Waals surface area contributed by atoms with Gasteiger partial charge in [0.05, 0.1) is 10.7 Å². The molecule has 2 aromatic rings. The Labute approximate surface area is 112 Å². The molecule has 0 saturated heterocycles. The average Bonchev–Trinajstić information content (AvgIpc) is 2.69. The second-order valence-corrected chi connectivity index (χ2v) is 5.79. The predicted molar refractivity (Wildman–Crippen MR) is 76.5 cm³/mol. The number of aryl methyl sites for hydroxylation is 2. The van der Waals surface area contributed by atoms with Crippen molar-refractivity contribution in [1.82, 2.24) is 10.4 Å². The highest BCUT2D eigenvalue weighted by molar-refractivity contribution is 7.11. The van der Waals surface area contributed by atoms with Crippen LogP contribution in [0.2, 0.25) is 0 Å². The van der Waals surface area contributed by atoms with E-state index in [1.54, 1.807) is 11.3 Å². The zero-order valence-corrected chi connectivity index (χ0v) is 11.6. The summed E-state index contributed by atoms with van der Waals surface area (Å²) in [7, 11) is 0. The number of hydrogen-bond acceptors (Lipinski definition) is 4. The van der Waals surface area contributed by atoms with E-state index in [1.807, 2.05) is 6.07 Å². The van der Waals surface area contributed by atoms with Crippen molar-refractivity contribution in [2.75, 3.05) is 0 Å². The van der Waals surface area contributed by atoms with Gasteiger partial charge in [0.15, 0.2) is 0 Å². The maximum Gasteiger partial charge on any atom is 0.0947 e. The maximum absolute atomic E-state index is 5.64. The van der Waals surface area contributed by atoms with Gasteiger partial charge in [-0.15, -0.1) is 11.3 Å². The predicted octanol–water partition coefficient (Wildman–Crippen LogP) is 2.38. The number of hydrogen-bond donors (Lipinski definition) is 2. The lowest BCUT2D eigenvalue weighted by Gasteiger charge is -2.14. The first-order valence-corrected chi connectivity index (χ1v) is 6.93. The average molecular weight is 261 g/mol. The van der Waals surface area contributed by atoms with Crippen molar-refractivity contribution in [2.24, 2.45) is 5.84 Å². The highest BCUT2D eigenvalue weighted by Crippen LogP contribution is 2.18. The van der Waals surface area contributed by atoms with Crippen LogP contribution in [-0.2, 0) is 12.8 Å². The summed E-state index contributed by atoms with van der Waals surface area (Å²) >= 11 is 1.76. The minimum absolute atomic E-state index is 0.234. The first-order chi connectivity index (χ1) is 8.69. The third-order valence-electron chi connectivity index (χ3n) is 3.05. The lowest BCUT2D eigenvalue weighted by Crippen LogP contribution is -2.38. The number of nitrogens with two attached hydrogens (primary N) is 1. The van der Waals surface area contributed by atoms with Gasteiger partial charge in [0.25, 0.3) is 0 Å². The second kappa shape index (κ2) is 6.09. The molecule has 1 atom stereocenters. The van der Waals surface area contributed by atoms with Crippen LogP contribution in [0.4, 0.5) is 0 Å². The molecule has 96 valence electrons. The Morgan fingerprint density at radius 3 is 2.50 bits per heavy atom. The molecule has 2 rings (SSSR count). The van der Waals surface area contributed by atoms with Crippen LogP contribution in [0.25, 0.3) is 0 Å². The Bertz CT molecular complexity index is 473. The first-order valence-electron chi connectivity index (χ1n) is 6.12. The summed E-state index contributed by atoms with van der Waals surface area (Å²) in [6.07, 6.45) is 1.81. The molecule has 0 spiro atoms. The number of thiazole rings is 1. The third kappa shape index (κ3) is 3.38. The van der Waals surface area contributed by atoms with Gasteiger partial charge in [0.2, 0.25) is 0 Å². The lowest BCUT2D eigenvalue weighted by molar-refractivity contribution is 0.521. The molecule has 0 bridgehead atoms. The molecule has 0 aliphatic carbocycles. The number of rotatable bonds is 5. The van der Waals surface area contributed by atoms with Gasteiger partial charge < -0.3 is 0 Å². The fourth-order valence-corrected chi connectivity index (χ4v) is 2.94. The van der Waals surface area contributed by atoms with Gasteiger partial charge in [0.1, 0.15) is 0 Å². The molecule has 3 nitrogen and oxygen atoms in total. The van der Waals surface area contributed by atoms with Gasteiger partial charge in [-0.25, -0.2) is 4.98 Å². The van der Waals surface area contributed by atoms with E-state index in [9.17, 15) is 0 Å². The summed E-state index contributed by atoms with van der Waals surface area (Å²) in [6.45, 7) is 4.16. The van der Waals surface area contributed by atoms with Gasteiger partial charge >= 0.3 is 0 Å². The molecular weight excluding hydrogens is 242 g/mol. The SMILES string of the molecule is Cc1nc(CC(Cc2ccccc2)NN)sc1C. The largest absolute Gasteiger partial charge is 0.271 e. The molecule has 3 N–H and O–H groups in total. The van der Waals surface area contributed by atoms with Crippen LogP contribution in [0.3, 0.4) is 0 Å². The van der Waals surface area contributed by atoms with Crippen LogP contribution < -0.4 is 11.3 Å². The van der Waals surface area contributed by atoms with E-state index in [2.05, 4.69) is 48.5 Å². The molecule has 0 amide bonds. The summed E-state index contributed by atoms with van der Waals surface area (Å²) in [5.74, 6) is 5.64. The van der Waals surface area contributed by atoms with E-state index < -0.39 is 0 Å². The molecule has 0 saturated carbocycles. The van der Waals surface area contributed by atoms with Crippen molar-refractivity contribution in [3.05, 3.63) is 51.5 Å². The Hall–Kier alpha value is -1.23. The van der Waals surface area contributed by atoms with Gasteiger partial charge in [-0.05, 0) is 25.8 Å². The molecule has 0 aliphatic heterocycles. The summed E-state index contributed by atoms with van der Waals surface area (Å²) in [5.41, 5.74) is 5.32. The monoisotopic (exact) mass is 261 g/mol. The van der Waals surface area contributed by atoms with Crippen LogP contribution in [0.1, 0.15) is 21.1 Å². The van der Waals surface area contributed by atoms with Crippen molar-refractivity contribution in [3.63, 3.8) is 0 Å². The summed E-state index contributed by atoms with van der Waals surface area (Å²) in [5, 5.41) is 1.16. The fraction of sp³-hybridized carbons (Fsp3) is 0.357. The number of benzene rings is 1. The first kappa shape index (κ1) is 13.2. The molecule has 1 aromatic heterocycles. The Kier molecular flexibility index (Phi) is 4.47. The van der Waals surface area contributed by atoms with Crippen LogP contribution in [0.5, 0.6) is 0 Å². The fourth-order valence-electron chi connectivity index (χ4n) is 1.93. The number of hydrazine groups is 1. The van der Waals surface area contributed by atoms with E-state index in [-0.39, 0.29) is 6.04 Å². The molecule has 18 heavy (non-hydrogen) atoms. The van der Waals surface area contributed by atoms with E-state index >= 15 is 0 Å². The van der Waals surface area contributed by atoms with Crippen LogP contribution >= 0.6 is 11.3 Å². The van der Waals surface area contributed by atoms with Crippen molar-refractivity contribution < 1.29 is 0 Å². The zero-order chi connectivity index (χ0) is 13.0. The number of nitrogens with zero attached hydrogens (tertiary/aromatic N) is 1. The molecule has 1 aromatic carbocycles. The lowest BCUT2D eigenvalue weighted by atomic mass is 10.0. The standard InChI is InChI=1S/C14H19N3S/c1-10-11(2)18-14(16-10)9-13(17-15)8-12-6-4-3-5-7-12/h3-7,13,17H,8-9,15H2,1-2H3. The van der Waals surface area contributed by atoms with Gasteiger partial charge in [-0.3, -0.25) is 11.3 Å². The third-order valence-corrected chi connectivity index (χ3v) is 4.15. The Morgan fingerprint density at radius 2 is 1.94 bits per heavy atom. The smallest absolute Gasteiger partial charge is 0.0947 e. The number of aromatic nitrogens is 1. The van der Waals surface area contributed by atoms with Crippen molar-refractivity contribution in [2.45, 2.75) is 32.7 Å². The summed E-state index contributed by atoms with van der Waals surface area (Å²) in [6, 6.07) is 10.6. The molecule has 0 radical (unpaired) electrons. The topological polar surface area (TPSA) is 50.9 Å². The van der Waals surface area contributed by atoms with Crippen LogP contribution in [0, 0.1) is 13.8 Å². The molecule has 1 heterocycles. The van der Waals surface area contributed by atoms with Gasteiger partial charge in [0, 0.05) is 17.3 Å². The minimum atomic E-state index is 0.234. The molecular formula is C14H19N3S. The van der Waals surface area contributed by atoms with E-state index in [1.165, 1.54) is 10.4 Å². The van der Waals surface area contributed by atoms with E-state index in [0.29, 0.717) is 0 Å². The normalized spacial score (nSPS) is 12.6. The quantitative estimate of drug-likeness (QED) is 0.642. The minimum Gasteiger partial charge on any atom is -0.271 e. The second-order valence-electron chi connectivity index (χ2n) is 4.51. The summed E-state index contributed by atoms with van der Waals surface area (Å²) in [4.78, 5) is 5.85. The maximum atomic E-state index is 5.64. The van der Waals surface area contributed by atoms with Gasteiger partial charge in [-0.1, -0.05) is 30.3 Å². The zero-order valence-electron chi connectivity index (χ0n) is 10.8. The molecule has 0 aliphatic rings. The van der Waals surface area contributed by atoms with Crippen molar-refractivity contribution in [1.29, 1.82) is 0 Å². The van der Waals surface area contributed by atoms with E-state index in [4.69, 9.17) is 5.84 Å². The Morgan fingerprint density at radius 1 is 1.22 bits per heavy atom. The molecule has 0 fully saturated rings. The van der Waals surface area contributed by atoms with Crippen molar-refractivity contribution >= 4 is 11.3 Å². The van der Waals surface area contributed by atoms with Crippen molar-refractivity contribution in [3.8, 4) is 0 Å². The van der Waals surface area contributed by atoms with Crippen LogP contribution in [0.15, 0.2) is 30.3 Å². The number of nitrogens with one attached hydrogen (secondary N) is 1. The van der Waals surface area contributed by atoms with Gasteiger partial charge in [-0.2, -0.15) is 0 Å². The Balaban J connectivity index is 2.01.